The smallest absolute Gasteiger partial charge is 0.261 e. The summed E-state index contributed by atoms with van der Waals surface area (Å²) < 4.78 is 0. The highest BCUT2D eigenvalue weighted by Gasteiger charge is 2.12. The maximum atomic E-state index is 12.1. The molecule has 0 saturated carbocycles. The second-order valence-electron chi connectivity index (χ2n) is 4.38. The van der Waals surface area contributed by atoms with Gasteiger partial charge in [-0.25, -0.2) is 4.98 Å². The van der Waals surface area contributed by atoms with Crippen LogP contribution in [0.15, 0.2) is 60.0 Å². The maximum absolute atomic E-state index is 12.1. The van der Waals surface area contributed by atoms with Crippen molar-refractivity contribution in [3.8, 4) is 17.0 Å². The molecule has 0 radical (unpaired) electrons. The topological polar surface area (TPSA) is 62.2 Å². The predicted molar refractivity (Wildman–Crippen MR) is 83.6 cm³/mol. The number of benzene rings is 2. The number of anilines is 1. The summed E-state index contributed by atoms with van der Waals surface area (Å²) in [6.07, 6.45) is 0. The number of nitrogens with zero attached hydrogens (tertiary/aromatic N) is 1. The highest BCUT2D eigenvalue weighted by Crippen LogP contribution is 2.25. The minimum absolute atomic E-state index is 0.0464. The molecule has 2 N–H and O–H groups in total. The van der Waals surface area contributed by atoms with Gasteiger partial charge in [0.15, 0.2) is 5.13 Å². The highest BCUT2D eigenvalue weighted by molar-refractivity contribution is 7.14. The number of rotatable bonds is 3. The largest absolute Gasteiger partial charge is 0.507 e. The lowest BCUT2D eigenvalue weighted by atomic mass is 10.2. The van der Waals surface area contributed by atoms with Gasteiger partial charge in [-0.15, -0.1) is 11.3 Å². The third-order valence-electron chi connectivity index (χ3n) is 2.94. The van der Waals surface area contributed by atoms with Crippen molar-refractivity contribution in [3.05, 3.63) is 65.5 Å². The Morgan fingerprint density at radius 1 is 1.05 bits per heavy atom. The molecule has 1 amide bonds. The van der Waals surface area contributed by atoms with Crippen LogP contribution >= 0.6 is 11.3 Å². The van der Waals surface area contributed by atoms with E-state index in [4.69, 9.17) is 0 Å². The van der Waals surface area contributed by atoms with Gasteiger partial charge in [-0.1, -0.05) is 42.5 Å². The summed E-state index contributed by atoms with van der Waals surface area (Å²) in [5.41, 5.74) is 2.04. The number of hydrogen-bond acceptors (Lipinski definition) is 4. The van der Waals surface area contributed by atoms with Crippen LogP contribution in [0.25, 0.3) is 11.3 Å². The molecule has 0 unspecified atom stereocenters. The fraction of sp³-hybridized carbons (Fsp3) is 0. The Hall–Kier alpha value is -2.66. The predicted octanol–water partition coefficient (Wildman–Crippen LogP) is 3.77. The number of thiazole rings is 1. The number of nitrogens with one attached hydrogen (secondary N) is 1. The van der Waals surface area contributed by atoms with E-state index in [0.29, 0.717) is 5.13 Å². The van der Waals surface area contributed by atoms with Gasteiger partial charge in [-0.3, -0.25) is 10.1 Å². The van der Waals surface area contributed by atoms with Crippen molar-refractivity contribution in [2.45, 2.75) is 0 Å². The van der Waals surface area contributed by atoms with Crippen LogP contribution in [0.5, 0.6) is 5.75 Å². The third kappa shape index (κ3) is 2.93. The molecule has 5 heteroatoms. The van der Waals surface area contributed by atoms with Crippen LogP contribution < -0.4 is 5.32 Å². The Morgan fingerprint density at radius 2 is 1.76 bits per heavy atom. The molecule has 0 saturated heterocycles. The van der Waals surface area contributed by atoms with Crippen LogP contribution in [-0.2, 0) is 0 Å². The van der Waals surface area contributed by atoms with Crippen LogP contribution in [0.1, 0.15) is 10.4 Å². The van der Waals surface area contributed by atoms with Crippen LogP contribution in [-0.4, -0.2) is 16.0 Å². The summed E-state index contributed by atoms with van der Waals surface area (Å²) in [7, 11) is 0. The molecule has 104 valence electrons. The van der Waals surface area contributed by atoms with Crippen LogP contribution in [0.3, 0.4) is 0 Å². The van der Waals surface area contributed by atoms with Gasteiger partial charge in [0.05, 0.1) is 11.3 Å². The second kappa shape index (κ2) is 5.76. The lowest BCUT2D eigenvalue weighted by Crippen LogP contribution is -2.11. The molecule has 1 heterocycles. The zero-order valence-corrected chi connectivity index (χ0v) is 11.8. The molecule has 0 aliphatic heterocycles. The molecule has 0 atom stereocenters. The Kier molecular flexibility index (Phi) is 3.66. The molecule has 0 aliphatic rings. The molecule has 1 aromatic heterocycles. The third-order valence-corrected chi connectivity index (χ3v) is 3.70. The van der Waals surface area contributed by atoms with Crippen molar-refractivity contribution < 1.29 is 9.90 Å². The zero-order chi connectivity index (χ0) is 14.7. The van der Waals surface area contributed by atoms with E-state index in [0.717, 1.165) is 11.3 Å². The van der Waals surface area contributed by atoms with E-state index in [2.05, 4.69) is 10.3 Å². The van der Waals surface area contributed by atoms with Gasteiger partial charge >= 0.3 is 0 Å². The Labute approximate surface area is 125 Å². The quantitative estimate of drug-likeness (QED) is 0.773. The fourth-order valence-electron chi connectivity index (χ4n) is 1.90. The summed E-state index contributed by atoms with van der Waals surface area (Å²) in [5.74, 6) is -0.420. The molecule has 21 heavy (non-hydrogen) atoms. The van der Waals surface area contributed by atoms with Crippen molar-refractivity contribution in [3.63, 3.8) is 0 Å². The normalized spacial score (nSPS) is 10.3. The van der Waals surface area contributed by atoms with Gasteiger partial charge in [-0.2, -0.15) is 0 Å². The van der Waals surface area contributed by atoms with Gasteiger partial charge in [0.1, 0.15) is 5.75 Å². The van der Waals surface area contributed by atoms with Crippen molar-refractivity contribution in [2.75, 3.05) is 5.32 Å². The van der Waals surface area contributed by atoms with Crippen molar-refractivity contribution >= 4 is 22.4 Å². The number of hydrogen-bond donors (Lipinski definition) is 2. The number of amides is 1. The lowest BCUT2D eigenvalue weighted by molar-refractivity contribution is 0.102. The highest BCUT2D eigenvalue weighted by atomic mass is 32.1. The first-order valence-electron chi connectivity index (χ1n) is 6.34. The number of carbonyl (C=O) groups excluding carboxylic acids is 1. The second-order valence-corrected chi connectivity index (χ2v) is 5.23. The summed E-state index contributed by atoms with van der Waals surface area (Å²) in [5, 5.41) is 14.7. The standard InChI is InChI=1S/C16H12N2O2S/c19-14-9-5-4-8-12(14)15(20)18-16-17-13(10-21-16)11-6-2-1-3-7-11/h1-10,19H,(H,17,18,20). The van der Waals surface area contributed by atoms with Gasteiger partial charge in [0.2, 0.25) is 0 Å². The van der Waals surface area contributed by atoms with Gasteiger partial charge in [0.25, 0.3) is 5.91 Å². The summed E-state index contributed by atoms with van der Waals surface area (Å²) in [6, 6.07) is 16.2. The van der Waals surface area contributed by atoms with E-state index >= 15 is 0 Å². The van der Waals surface area contributed by atoms with E-state index in [-0.39, 0.29) is 17.2 Å². The summed E-state index contributed by atoms with van der Waals surface area (Å²) in [4.78, 5) is 16.5. The maximum Gasteiger partial charge on any atom is 0.261 e. The van der Waals surface area contributed by atoms with E-state index in [1.807, 2.05) is 35.7 Å². The molecule has 0 spiro atoms. The fourth-order valence-corrected chi connectivity index (χ4v) is 2.62. The van der Waals surface area contributed by atoms with Crippen molar-refractivity contribution in [1.82, 2.24) is 4.98 Å². The number of aromatic nitrogens is 1. The summed E-state index contributed by atoms with van der Waals surface area (Å²) >= 11 is 1.35. The molecule has 0 bridgehead atoms. The van der Waals surface area contributed by atoms with Gasteiger partial charge < -0.3 is 5.11 Å². The van der Waals surface area contributed by atoms with Crippen LogP contribution in [0, 0.1) is 0 Å². The number of phenolic OH excluding ortho intramolecular Hbond substituents is 1. The molecule has 2 aromatic carbocycles. The Bertz CT molecular complexity index is 769. The molecule has 4 nitrogen and oxygen atoms in total. The lowest BCUT2D eigenvalue weighted by Gasteiger charge is -2.03. The number of aromatic hydroxyl groups is 1. The molecule has 3 rings (SSSR count). The van der Waals surface area contributed by atoms with E-state index in [1.165, 1.54) is 17.4 Å². The number of para-hydroxylation sites is 1. The van der Waals surface area contributed by atoms with Gasteiger partial charge in [-0.05, 0) is 12.1 Å². The molecule has 0 fully saturated rings. The molecular weight excluding hydrogens is 284 g/mol. The zero-order valence-electron chi connectivity index (χ0n) is 11.0. The van der Waals surface area contributed by atoms with Crippen LogP contribution in [0.4, 0.5) is 5.13 Å². The first-order chi connectivity index (χ1) is 10.2. The van der Waals surface area contributed by atoms with Crippen LogP contribution in [0.2, 0.25) is 0 Å². The minimum Gasteiger partial charge on any atom is -0.507 e. The molecule has 3 aromatic rings. The average Bonchev–Trinajstić information content (AvgIpc) is 2.97. The van der Waals surface area contributed by atoms with Crippen molar-refractivity contribution in [2.24, 2.45) is 0 Å². The Morgan fingerprint density at radius 3 is 2.52 bits per heavy atom. The Balaban J connectivity index is 1.79. The minimum atomic E-state index is -0.373. The molecule has 0 aliphatic carbocycles. The average molecular weight is 296 g/mol. The summed E-state index contributed by atoms with van der Waals surface area (Å²) in [6.45, 7) is 0. The van der Waals surface area contributed by atoms with E-state index in [1.54, 1.807) is 18.2 Å². The monoisotopic (exact) mass is 296 g/mol. The SMILES string of the molecule is O=C(Nc1nc(-c2ccccc2)cs1)c1ccccc1O. The van der Waals surface area contributed by atoms with Gasteiger partial charge in [0, 0.05) is 10.9 Å². The first-order valence-corrected chi connectivity index (χ1v) is 7.22. The number of phenols is 1. The van der Waals surface area contributed by atoms with Crippen molar-refractivity contribution in [1.29, 1.82) is 0 Å². The van der Waals surface area contributed by atoms with E-state index in [9.17, 15) is 9.90 Å². The molecular formula is C16H12N2O2S. The van der Waals surface area contributed by atoms with E-state index < -0.39 is 0 Å². The first kappa shape index (κ1) is 13.3. The number of carbonyl (C=O) groups is 1.